The van der Waals surface area contributed by atoms with Gasteiger partial charge in [0.25, 0.3) is 0 Å². The van der Waals surface area contributed by atoms with Crippen molar-refractivity contribution in [2.45, 2.75) is 45.1 Å². The van der Waals surface area contributed by atoms with Gasteiger partial charge in [0.15, 0.2) is 0 Å². The summed E-state index contributed by atoms with van der Waals surface area (Å²) in [7, 11) is 0. The highest BCUT2D eigenvalue weighted by atomic mass is 16.5. The molecule has 2 nitrogen and oxygen atoms in total. The molecule has 1 aliphatic rings. The molecule has 1 fully saturated rings. The van der Waals surface area contributed by atoms with E-state index in [2.05, 4.69) is 0 Å². The number of ether oxygens (including phenoxy) is 1. The summed E-state index contributed by atoms with van der Waals surface area (Å²) in [5.41, 5.74) is 2.25. The average Bonchev–Trinajstić information content (AvgIpc) is 2.74. The number of benzene rings is 1. The number of hydrogen-bond acceptors (Lipinski definition) is 2. The van der Waals surface area contributed by atoms with Crippen LogP contribution in [0, 0.1) is 6.92 Å². The van der Waals surface area contributed by atoms with Gasteiger partial charge in [0.05, 0.1) is 6.42 Å². The molecule has 0 bridgehead atoms. The summed E-state index contributed by atoms with van der Waals surface area (Å²) in [4.78, 5) is 11.6. The molecule has 1 saturated carbocycles. The van der Waals surface area contributed by atoms with E-state index in [1.165, 1.54) is 18.4 Å². The highest BCUT2D eigenvalue weighted by Crippen LogP contribution is 2.21. The molecule has 0 aliphatic heterocycles. The number of hydrogen-bond donors (Lipinski definition) is 0. The summed E-state index contributed by atoms with van der Waals surface area (Å²) in [5.74, 6) is -0.0873. The fourth-order valence-electron chi connectivity index (χ4n) is 2.11. The van der Waals surface area contributed by atoms with Crippen LogP contribution in [0.15, 0.2) is 24.3 Å². The summed E-state index contributed by atoms with van der Waals surface area (Å²) < 4.78 is 5.41. The van der Waals surface area contributed by atoms with E-state index < -0.39 is 0 Å². The molecule has 0 spiro atoms. The zero-order valence-corrected chi connectivity index (χ0v) is 9.74. The van der Waals surface area contributed by atoms with Crippen molar-refractivity contribution in [1.82, 2.24) is 0 Å². The van der Waals surface area contributed by atoms with Crippen LogP contribution in [0.1, 0.15) is 36.8 Å². The van der Waals surface area contributed by atoms with Crippen molar-refractivity contribution < 1.29 is 9.53 Å². The minimum Gasteiger partial charge on any atom is -0.462 e. The van der Waals surface area contributed by atoms with Crippen LogP contribution in [-0.4, -0.2) is 12.1 Å². The van der Waals surface area contributed by atoms with Gasteiger partial charge >= 0.3 is 5.97 Å². The van der Waals surface area contributed by atoms with Gasteiger partial charge in [-0.15, -0.1) is 0 Å². The minimum absolute atomic E-state index is 0.0873. The summed E-state index contributed by atoms with van der Waals surface area (Å²) >= 11 is 0. The maximum atomic E-state index is 11.6. The molecule has 1 aromatic carbocycles. The van der Waals surface area contributed by atoms with Gasteiger partial charge in [-0.1, -0.05) is 29.8 Å². The molecule has 0 amide bonds. The fourth-order valence-corrected chi connectivity index (χ4v) is 2.11. The number of aryl methyl sites for hydroxylation is 1. The first kappa shape index (κ1) is 11.2. The van der Waals surface area contributed by atoms with Gasteiger partial charge in [0, 0.05) is 0 Å². The van der Waals surface area contributed by atoms with Crippen LogP contribution in [0.3, 0.4) is 0 Å². The van der Waals surface area contributed by atoms with Gasteiger partial charge in [-0.2, -0.15) is 0 Å². The van der Waals surface area contributed by atoms with Crippen molar-refractivity contribution in [3.05, 3.63) is 35.4 Å². The van der Waals surface area contributed by atoms with E-state index >= 15 is 0 Å². The molecular formula is C14H18O2. The number of carbonyl (C=O) groups excluding carboxylic acids is 1. The van der Waals surface area contributed by atoms with Crippen LogP contribution in [0.25, 0.3) is 0 Å². The number of esters is 1. The molecule has 0 unspecified atom stereocenters. The Bertz CT molecular complexity index is 348. The van der Waals surface area contributed by atoms with Crippen LogP contribution in [-0.2, 0) is 16.0 Å². The lowest BCUT2D eigenvalue weighted by molar-refractivity contribution is -0.147. The molecule has 0 heterocycles. The topological polar surface area (TPSA) is 26.3 Å². The summed E-state index contributed by atoms with van der Waals surface area (Å²) in [6, 6.07) is 8.03. The molecule has 2 heteroatoms. The minimum atomic E-state index is -0.0873. The van der Waals surface area contributed by atoms with E-state index in [-0.39, 0.29) is 12.1 Å². The Labute approximate surface area is 96.6 Å². The van der Waals surface area contributed by atoms with Crippen molar-refractivity contribution >= 4 is 5.97 Å². The zero-order chi connectivity index (χ0) is 11.4. The second-order valence-electron chi connectivity index (χ2n) is 4.56. The molecule has 0 aromatic heterocycles. The largest absolute Gasteiger partial charge is 0.462 e. The monoisotopic (exact) mass is 218 g/mol. The fraction of sp³-hybridized carbons (Fsp3) is 0.500. The smallest absolute Gasteiger partial charge is 0.310 e. The summed E-state index contributed by atoms with van der Waals surface area (Å²) in [5, 5.41) is 0. The van der Waals surface area contributed by atoms with Crippen molar-refractivity contribution in [2.75, 3.05) is 0 Å². The highest BCUT2D eigenvalue weighted by molar-refractivity contribution is 5.72. The first-order valence-electron chi connectivity index (χ1n) is 5.99. The van der Waals surface area contributed by atoms with Gasteiger partial charge in [-0.05, 0) is 38.2 Å². The third-order valence-corrected chi connectivity index (χ3v) is 3.07. The lowest BCUT2D eigenvalue weighted by Gasteiger charge is -2.11. The van der Waals surface area contributed by atoms with Crippen LogP contribution in [0.2, 0.25) is 0 Å². The molecule has 0 radical (unpaired) electrons. The van der Waals surface area contributed by atoms with Gasteiger partial charge in [-0.25, -0.2) is 0 Å². The van der Waals surface area contributed by atoms with Crippen LogP contribution in [0.5, 0.6) is 0 Å². The lowest BCUT2D eigenvalue weighted by Crippen LogP contribution is -2.16. The molecule has 2 rings (SSSR count). The van der Waals surface area contributed by atoms with Crippen molar-refractivity contribution in [3.63, 3.8) is 0 Å². The predicted molar refractivity (Wildman–Crippen MR) is 63.2 cm³/mol. The molecular weight excluding hydrogens is 200 g/mol. The van der Waals surface area contributed by atoms with Gasteiger partial charge < -0.3 is 4.74 Å². The van der Waals surface area contributed by atoms with E-state index in [1.54, 1.807) is 0 Å². The van der Waals surface area contributed by atoms with Gasteiger partial charge in [0.2, 0.25) is 0 Å². The van der Waals surface area contributed by atoms with E-state index in [0.29, 0.717) is 6.42 Å². The maximum Gasteiger partial charge on any atom is 0.310 e. The van der Waals surface area contributed by atoms with Gasteiger partial charge in [0.1, 0.15) is 6.10 Å². The first-order chi connectivity index (χ1) is 7.74. The van der Waals surface area contributed by atoms with Crippen molar-refractivity contribution in [3.8, 4) is 0 Å². The standard InChI is InChI=1S/C14H18O2/c1-11-6-8-12(9-7-11)10-14(15)16-13-4-2-3-5-13/h6-9,13H,2-5,10H2,1H3. The molecule has 86 valence electrons. The average molecular weight is 218 g/mol. The van der Waals surface area contributed by atoms with Crippen LogP contribution < -0.4 is 0 Å². The van der Waals surface area contributed by atoms with E-state index in [1.807, 2.05) is 31.2 Å². The second kappa shape index (κ2) is 5.15. The number of carbonyl (C=O) groups is 1. The van der Waals surface area contributed by atoms with Crippen LogP contribution in [0.4, 0.5) is 0 Å². The summed E-state index contributed by atoms with van der Waals surface area (Å²) in [6.07, 6.45) is 5.05. The Morgan fingerprint density at radius 2 is 1.88 bits per heavy atom. The predicted octanol–water partition coefficient (Wildman–Crippen LogP) is 3.02. The maximum absolute atomic E-state index is 11.6. The lowest BCUT2D eigenvalue weighted by atomic mass is 10.1. The highest BCUT2D eigenvalue weighted by Gasteiger charge is 2.19. The van der Waals surface area contributed by atoms with E-state index in [0.717, 1.165) is 18.4 Å². The third-order valence-electron chi connectivity index (χ3n) is 3.07. The normalized spacial score (nSPS) is 16.3. The third kappa shape index (κ3) is 3.09. The quantitative estimate of drug-likeness (QED) is 0.729. The molecule has 16 heavy (non-hydrogen) atoms. The van der Waals surface area contributed by atoms with Crippen molar-refractivity contribution in [1.29, 1.82) is 0 Å². The Balaban J connectivity index is 1.84. The molecule has 1 aliphatic carbocycles. The molecule has 0 saturated heterocycles. The van der Waals surface area contributed by atoms with E-state index in [9.17, 15) is 4.79 Å². The van der Waals surface area contributed by atoms with Gasteiger partial charge in [-0.3, -0.25) is 4.79 Å². The Morgan fingerprint density at radius 1 is 1.25 bits per heavy atom. The van der Waals surface area contributed by atoms with Crippen molar-refractivity contribution in [2.24, 2.45) is 0 Å². The Morgan fingerprint density at radius 3 is 2.50 bits per heavy atom. The molecule has 1 aromatic rings. The SMILES string of the molecule is Cc1ccc(CC(=O)OC2CCCC2)cc1. The number of rotatable bonds is 3. The van der Waals surface area contributed by atoms with E-state index in [4.69, 9.17) is 4.74 Å². The first-order valence-corrected chi connectivity index (χ1v) is 5.99. The molecule has 0 atom stereocenters. The summed E-state index contributed by atoms with van der Waals surface area (Å²) in [6.45, 7) is 2.04. The Kier molecular flexibility index (Phi) is 3.60. The zero-order valence-electron chi connectivity index (χ0n) is 9.74. The Hall–Kier alpha value is -1.31. The second-order valence-corrected chi connectivity index (χ2v) is 4.56. The molecule has 0 N–H and O–H groups in total. The van der Waals surface area contributed by atoms with Crippen LogP contribution >= 0.6 is 0 Å².